The predicted octanol–water partition coefficient (Wildman–Crippen LogP) is 0.276. The van der Waals surface area contributed by atoms with E-state index in [1.165, 1.54) is 5.32 Å². The molecule has 0 fully saturated rings. The number of ketones is 1. The van der Waals surface area contributed by atoms with E-state index in [1.807, 2.05) is 0 Å². The molecule has 0 aromatic rings. The SMILES string of the molecule is CS(=O)(=O)CCC(NC(=O)C(F)(F)F)C(=O)CCl. The van der Waals surface area contributed by atoms with Gasteiger partial charge in [0, 0.05) is 6.26 Å². The van der Waals surface area contributed by atoms with Crippen molar-refractivity contribution in [3.63, 3.8) is 0 Å². The molecule has 0 aliphatic carbocycles. The molecule has 0 aromatic heterocycles. The molecule has 1 N–H and O–H groups in total. The zero-order chi connectivity index (χ0) is 14.6. The summed E-state index contributed by atoms with van der Waals surface area (Å²) in [5, 5.41) is 1.42. The summed E-state index contributed by atoms with van der Waals surface area (Å²) >= 11 is 5.16. The van der Waals surface area contributed by atoms with Gasteiger partial charge in [-0.25, -0.2) is 8.42 Å². The van der Waals surface area contributed by atoms with Crippen LogP contribution in [0.5, 0.6) is 0 Å². The van der Waals surface area contributed by atoms with Crippen molar-refractivity contribution in [3.8, 4) is 0 Å². The van der Waals surface area contributed by atoms with Crippen LogP contribution in [0.1, 0.15) is 6.42 Å². The van der Waals surface area contributed by atoms with Crippen LogP contribution in [-0.2, 0) is 19.4 Å². The van der Waals surface area contributed by atoms with Crippen molar-refractivity contribution in [1.29, 1.82) is 0 Å². The van der Waals surface area contributed by atoms with E-state index in [1.54, 1.807) is 0 Å². The number of Topliss-reactive ketones (excluding diaryl/α,β-unsaturated/α-hetero) is 1. The van der Waals surface area contributed by atoms with Crippen LogP contribution in [-0.4, -0.2) is 50.2 Å². The maximum Gasteiger partial charge on any atom is 0.471 e. The van der Waals surface area contributed by atoms with Crippen molar-refractivity contribution < 1.29 is 31.2 Å². The third-order valence-corrected chi connectivity index (χ3v) is 3.10. The van der Waals surface area contributed by atoms with E-state index in [0.29, 0.717) is 0 Å². The highest BCUT2D eigenvalue weighted by molar-refractivity contribution is 7.90. The molecule has 0 aliphatic heterocycles. The first kappa shape index (κ1) is 17.2. The fraction of sp³-hybridized carbons (Fsp3) is 0.750. The summed E-state index contributed by atoms with van der Waals surface area (Å²) in [6.07, 6.45) is -4.73. The monoisotopic (exact) mass is 309 g/mol. The van der Waals surface area contributed by atoms with Gasteiger partial charge in [-0.05, 0) is 6.42 Å². The number of amides is 1. The zero-order valence-electron chi connectivity index (χ0n) is 9.25. The standard InChI is InChI=1S/C8H11ClF3NO4S/c1-18(16,17)3-2-5(6(14)4-9)13-7(15)8(10,11)12/h5H,2-4H2,1H3,(H,13,15). The van der Waals surface area contributed by atoms with Crippen LogP contribution in [0.2, 0.25) is 0 Å². The van der Waals surface area contributed by atoms with Crippen molar-refractivity contribution in [2.24, 2.45) is 0 Å². The molecule has 10 heteroatoms. The quantitative estimate of drug-likeness (QED) is 0.715. The Kier molecular flexibility index (Phi) is 6.08. The Morgan fingerprint density at radius 2 is 1.83 bits per heavy atom. The molecule has 1 atom stereocenters. The first-order chi connectivity index (χ1) is 7.97. The molecule has 1 unspecified atom stereocenters. The maximum absolute atomic E-state index is 12.0. The van der Waals surface area contributed by atoms with Crippen molar-refractivity contribution in [1.82, 2.24) is 5.32 Å². The van der Waals surface area contributed by atoms with Crippen LogP contribution >= 0.6 is 11.6 Å². The summed E-state index contributed by atoms with van der Waals surface area (Å²) in [4.78, 5) is 21.8. The summed E-state index contributed by atoms with van der Waals surface area (Å²) in [5.41, 5.74) is 0. The lowest BCUT2D eigenvalue weighted by Crippen LogP contribution is -2.47. The molecule has 0 saturated heterocycles. The van der Waals surface area contributed by atoms with Gasteiger partial charge in [-0.3, -0.25) is 9.59 Å². The van der Waals surface area contributed by atoms with E-state index in [4.69, 9.17) is 11.6 Å². The van der Waals surface area contributed by atoms with E-state index < -0.39 is 51.8 Å². The summed E-state index contributed by atoms with van der Waals surface area (Å²) in [6, 6.07) is -1.56. The number of rotatable bonds is 6. The van der Waals surface area contributed by atoms with Crippen LogP contribution in [0, 0.1) is 0 Å². The molecule has 1 amide bonds. The van der Waals surface area contributed by atoms with Crippen LogP contribution in [0.4, 0.5) is 13.2 Å². The smallest absolute Gasteiger partial charge is 0.338 e. The third-order valence-electron chi connectivity index (χ3n) is 1.86. The maximum atomic E-state index is 12.0. The topological polar surface area (TPSA) is 80.3 Å². The largest absolute Gasteiger partial charge is 0.471 e. The van der Waals surface area contributed by atoms with Crippen molar-refractivity contribution >= 4 is 33.1 Å². The Balaban J connectivity index is 4.71. The lowest BCUT2D eigenvalue weighted by molar-refractivity contribution is -0.174. The zero-order valence-corrected chi connectivity index (χ0v) is 10.8. The number of hydrogen-bond acceptors (Lipinski definition) is 4. The molecular formula is C8H11ClF3NO4S. The van der Waals surface area contributed by atoms with Gasteiger partial charge in [0.05, 0.1) is 17.7 Å². The number of halogens is 4. The van der Waals surface area contributed by atoms with E-state index in [2.05, 4.69) is 0 Å². The normalized spacial score (nSPS) is 14.1. The van der Waals surface area contributed by atoms with Gasteiger partial charge in [-0.2, -0.15) is 13.2 Å². The molecule has 0 aromatic carbocycles. The Bertz CT molecular complexity index is 421. The van der Waals surface area contributed by atoms with Crippen LogP contribution in [0.25, 0.3) is 0 Å². The van der Waals surface area contributed by atoms with Crippen LogP contribution in [0.3, 0.4) is 0 Å². The fourth-order valence-corrected chi connectivity index (χ4v) is 1.83. The second kappa shape index (κ2) is 6.37. The summed E-state index contributed by atoms with van der Waals surface area (Å²) in [5.74, 6) is -4.33. The molecule has 0 bridgehead atoms. The highest BCUT2D eigenvalue weighted by atomic mass is 35.5. The molecule has 0 rings (SSSR count). The lowest BCUT2D eigenvalue weighted by Gasteiger charge is -2.17. The first-order valence-corrected chi connectivity index (χ1v) is 7.21. The van der Waals surface area contributed by atoms with Gasteiger partial charge in [0.2, 0.25) is 0 Å². The number of carbonyl (C=O) groups is 2. The number of sulfone groups is 1. The molecule has 18 heavy (non-hydrogen) atoms. The number of carbonyl (C=O) groups excluding carboxylic acids is 2. The molecular weight excluding hydrogens is 299 g/mol. The molecule has 106 valence electrons. The highest BCUT2D eigenvalue weighted by Gasteiger charge is 2.40. The first-order valence-electron chi connectivity index (χ1n) is 4.61. The van der Waals surface area contributed by atoms with Gasteiger partial charge in [0.1, 0.15) is 9.84 Å². The van der Waals surface area contributed by atoms with Crippen molar-refractivity contribution in [3.05, 3.63) is 0 Å². The van der Waals surface area contributed by atoms with Gasteiger partial charge < -0.3 is 5.32 Å². The Labute approximate surface area is 107 Å². The van der Waals surface area contributed by atoms with E-state index in [0.717, 1.165) is 6.26 Å². The molecule has 0 saturated carbocycles. The fourth-order valence-electron chi connectivity index (χ4n) is 0.979. The second-order valence-electron chi connectivity index (χ2n) is 3.54. The van der Waals surface area contributed by atoms with Gasteiger partial charge in [-0.15, -0.1) is 11.6 Å². The van der Waals surface area contributed by atoms with E-state index >= 15 is 0 Å². The van der Waals surface area contributed by atoms with E-state index in [-0.39, 0.29) is 0 Å². The molecule has 0 radical (unpaired) electrons. The summed E-state index contributed by atoms with van der Waals surface area (Å²) in [7, 11) is -3.46. The Morgan fingerprint density at radius 1 is 1.33 bits per heavy atom. The van der Waals surface area contributed by atoms with E-state index in [9.17, 15) is 31.2 Å². The van der Waals surface area contributed by atoms with Crippen LogP contribution in [0.15, 0.2) is 0 Å². The number of hydrogen-bond donors (Lipinski definition) is 1. The molecule has 0 heterocycles. The summed E-state index contributed by atoms with van der Waals surface area (Å²) in [6.45, 7) is 0. The molecule has 5 nitrogen and oxygen atoms in total. The summed E-state index contributed by atoms with van der Waals surface area (Å²) < 4.78 is 57.6. The average Bonchev–Trinajstić information content (AvgIpc) is 2.19. The Morgan fingerprint density at radius 3 is 2.17 bits per heavy atom. The van der Waals surface area contributed by atoms with Gasteiger partial charge in [0.15, 0.2) is 5.78 Å². The van der Waals surface area contributed by atoms with Gasteiger partial charge >= 0.3 is 12.1 Å². The minimum atomic E-state index is -5.14. The van der Waals surface area contributed by atoms with Crippen molar-refractivity contribution in [2.75, 3.05) is 17.9 Å². The third kappa shape index (κ3) is 6.80. The van der Waals surface area contributed by atoms with Gasteiger partial charge in [-0.1, -0.05) is 0 Å². The van der Waals surface area contributed by atoms with Crippen LogP contribution < -0.4 is 5.32 Å². The number of nitrogens with one attached hydrogen (secondary N) is 1. The number of alkyl halides is 4. The lowest BCUT2D eigenvalue weighted by atomic mass is 10.1. The average molecular weight is 310 g/mol. The highest BCUT2D eigenvalue weighted by Crippen LogP contribution is 2.15. The predicted molar refractivity (Wildman–Crippen MR) is 58.0 cm³/mol. The van der Waals surface area contributed by atoms with Gasteiger partial charge in [0.25, 0.3) is 0 Å². The van der Waals surface area contributed by atoms with Crippen molar-refractivity contribution in [2.45, 2.75) is 18.6 Å². The minimum Gasteiger partial charge on any atom is -0.338 e. The second-order valence-corrected chi connectivity index (χ2v) is 6.07. The molecule has 0 aliphatic rings. The minimum absolute atomic E-state index is 0.452. The Hall–Kier alpha value is -0.830. The molecule has 0 spiro atoms.